The Kier molecular flexibility index (Phi) is 9.46. The normalized spacial score (nSPS) is 22.3. The lowest BCUT2D eigenvalue weighted by atomic mass is 9.91. The molecule has 3 N–H and O–H groups in total. The van der Waals surface area contributed by atoms with Crippen molar-refractivity contribution < 1.29 is 9.53 Å². The number of rotatable bonds is 12. The molecule has 1 aromatic rings. The third kappa shape index (κ3) is 7.41. The van der Waals surface area contributed by atoms with E-state index >= 15 is 0 Å². The minimum atomic E-state index is -0.240. The number of benzene rings is 1. The maximum Gasteiger partial charge on any atom is 0.227 e. The fourth-order valence-electron chi connectivity index (χ4n) is 3.71. The number of nitrogens with one attached hydrogen (secondary N) is 3. The third-order valence-corrected chi connectivity index (χ3v) is 5.43. The molecule has 0 aromatic heterocycles. The van der Waals surface area contributed by atoms with Crippen molar-refractivity contribution in [3.63, 3.8) is 0 Å². The molecule has 0 saturated carbocycles. The molecule has 1 heterocycles. The summed E-state index contributed by atoms with van der Waals surface area (Å²) in [5.74, 6) is 1.02. The van der Waals surface area contributed by atoms with Gasteiger partial charge in [-0.3, -0.25) is 10.1 Å². The Balaban J connectivity index is 1.67. The molecular formula is C22H37N3O2. The highest BCUT2D eigenvalue weighted by Crippen LogP contribution is 2.20. The zero-order valence-corrected chi connectivity index (χ0v) is 17.2. The number of methoxy groups -OCH3 is 1. The Morgan fingerprint density at radius 1 is 1.00 bits per heavy atom. The number of carbonyl (C=O) groups is 1. The lowest BCUT2D eigenvalue weighted by Crippen LogP contribution is -2.63. The number of anilines is 1. The number of amides is 1. The summed E-state index contributed by atoms with van der Waals surface area (Å²) in [6.45, 7) is 4.36. The Bertz CT molecular complexity index is 547. The summed E-state index contributed by atoms with van der Waals surface area (Å²) in [6.07, 6.45) is 11.1. The lowest BCUT2D eigenvalue weighted by molar-refractivity contribution is -0.129. The van der Waals surface area contributed by atoms with Crippen LogP contribution >= 0.6 is 0 Å². The Morgan fingerprint density at radius 3 is 2.22 bits per heavy atom. The standard InChI is InChI=1S/C22H37N3O2/c1-4-5-6-7-8-9-10-11-12-20-17(2)23-22(25-21(20)26)24-18-13-15-19(27-3)16-14-18/h13-17,20,22-24H,4-12H2,1-3H3,(H,25,26). The highest BCUT2D eigenvalue weighted by atomic mass is 16.5. The lowest BCUT2D eigenvalue weighted by Gasteiger charge is -2.36. The Labute approximate surface area is 164 Å². The van der Waals surface area contributed by atoms with Gasteiger partial charge in [0.05, 0.1) is 13.0 Å². The molecule has 0 bridgehead atoms. The summed E-state index contributed by atoms with van der Waals surface area (Å²) in [5, 5.41) is 9.85. The topological polar surface area (TPSA) is 62.4 Å². The molecule has 1 amide bonds. The second kappa shape index (κ2) is 11.9. The van der Waals surface area contributed by atoms with E-state index in [2.05, 4.69) is 29.8 Å². The number of ether oxygens (including phenoxy) is 1. The average Bonchev–Trinajstić information content (AvgIpc) is 2.66. The van der Waals surface area contributed by atoms with Crippen molar-refractivity contribution in [1.82, 2.24) is 10.6 Å². The Hall–Kier alpha value is -1.75. The van der Waals surface area contributed by atoms with Gasteiger partial charge in [0.25, 0.3) is 0 Å². The first-order chi connectivity index (χ1) is 13.1. The molecule has 1 fully saturated rings. The van der Waals surface area contributed by atoms with Gasteiger partial charge in [0.1, 0.15) is 5.75 Å². The van der Waals surface area contributed by atoms with Gasteiger partial charge in [-0.25, -0.2) is 0 Å². The summed E-state index contributed by atoms with van der Waals surface area (Å²) in [4.78, 5) is 12.5. The molecule has 1 aliphatic heterocycles. The van der Waals surface area contributed by atoms with Crippen molar-refractivity contribution in [3.05, 3.63) is 24.3 Å². The third-order valence-electron chi connectivity index (χ3n) is 5.43. The van der Waals surface area contributed by atoms with E-state index in [1.807, 2.05) is 24.3 Å². The summed E-state index contributed by atoms with van der Waals surface area (Å²) >= 11 is 0. The van der Waals surface area contributed by atoms with Crippen LogP contribution < -0.4 is 20.7 Å². The van der Waals surface area contributed by atoms with E-state index in [1.54, 1.807) is 7.11 Å². The molecule has 3 unspecified atom stereocenters. The van der Waals surface area contributed by atoms with Gasteiger partial charge in [-0.1, -0.05) is 58.3 Å². The van der Waals surface area contributed by atoms with Gasteiger partial charge < -0.3 is 15.4 Å². The minimum Gasteiger partial charge on any atom is -0.497 e. The van der Waals surface area contributed by atoms with Crippen LogP contribution in [0.4, 0.5) is 5.69 Å². The molecular weight excluding hydrogens is 338 g/mol. The van der Waals surface area contributed by atoms with E-state index in [1.165, 1.54) is 44.9 Å². The predicted molar refractivity (Wildman–Crippen MR) is 112 cm³/mol. The molecule has 27 heavy (non-hydrogen) atoms. The van der Waals surface area contributed by atoms with E-state index in [-0.39, 0.29) is 24.2 Å². The monoisotopic (exact) mass is 375 g/mol. The maximum atomic E-state index is 12.5. The molecule has 0 radical (unpaired) electrons. The van der Waals surface area contributed by atoms with Crippen LogP contribution in [0.1, 0.15) is 71.6 Å². The minimum absolute atomic E-state index is 0.0546. The van der Waals surface area contributed by atoms with E-state index < -0.39 is 0 Å². The van der Waals surface area contributed by atoms with Gasteiger partial charge in [0.2, 0.25) is 5.91 Å². The van der Waals surface area contributed by atoms with Crippen molar-refractivity contribution in [2.75, 3.05) is 12.4 Å². The van der Waals surface area contributed by atoms with Gasteiger partial charge in [0, 0.05) is 11.7 Å². The van der Waals surface area contributed by atoms with Gasteiger partial charge >= 0.3 is 0 Å². The first kappa shape index (κ1) is 21.5. The zero-order valence-electron chi connectivity index (χ0n) is 17.2. The summed E-state index contributed by atoms with van der Waals surface area (Å²) in [6, 6.07) is 7.87. The fraction of sp³-hybridized carbons (Fsp3) is 0.682. The summed E-state index contributed by atoms with van der Waals surface area (Å²) in [7, 11) is 1.65. The quantitative estimate of drug-likeness (QED) is 0.466. The largest absolute Gasteiger partial charge is 0.497 e. The molecule has 152 valence electrons. The van der Waals surface area contributed by atoms with Crippen molar-refractivity contribution >= 4 is 11.6 Å². The zero-order chi connectivity index (χ0) is 19.5. The van der Waals surface area contributed by atoms with Gasteiger partial charge in [-0.05, 0) is 37.6 Å². The highest BCUT2D eigenvalue weighted by molar-refractivity contribution is 5.80. The number of unbranched alkanes of at least 4 members (excludes halogenated alkanes) is 7. The second-order valence-corrected chi connectivity index (χ2v) is 7.64. The van der Waals surface area contributed by atoms with Crippen molar-refractivity contribution in [3.8, 4) is 5.75 Å². The molecule has 1 aromatic carbocycles. The molecule has 1 aliphatic rings. The SMILES string of the molecule is CCCCCCCCCCC1C(=O)NC(Nc2ccc(OC)cc2)NC1C. The summed E-state index contributed by atoms with van der Waals surface area (Å²) in [5.41, 5.74) is 0.947. The van der Waals surface area contributed by atoms with Crippen molar-refractivity contribution in [2.24, 2.45) is 5.92 Å². The highest BCUT2D eigenvalue weighted by Gasteiger charge is 2.32. The summed E-state index contributed by atoms with van der Waals surface area (Å²) < 4.78 is 5.17. The first-order valence-corrected chi connectivity index (χ1v) is 10.6. The van der Waals surface area contributed by atoms with E-state index in [0.29, 0.717) is 0 Å². The molecule has 0 aliphatic carbocycles. The maximum absolute atomic E-state index is 12.5. The molecule has 3 atom stereocenters. The van der Waals surface area contributed by atoms with Crippen LogP contribution in [0.25, 0.3) is 0 Å². The number of hydrogen-bond donors (Lipinski definition) is 3. The molecule has 2 rings (SSSR count). The van der Waals surface area contributed by atoms with Crippen LogP contribution in [0.5, 0.6) is 5.75 Å². The number of hydrogen-bond acceptors (Lipinski definition) is 4. The van der Waals surface area contributed by atoms with Crippen LogP contribution in [-0.4, -0.2) is 25.3 Å². The van der Waals surface area contributed by atoms with Crippen LogP contribution in [0.15, 0.2) is 24.3 Å². The van der Waals surface area contributed by atoms with Crippen molar-refractivity contribution in [1.29, 1.82) is 0 Å². The first-order valence-electron chi connectivity index (χ1n) is 10.6. The van der Waals surface area contributed by atoms with Crippen LogP contribution in [0.3, 0.4) is 0 Å². The van der Waals surface area contributed by atoms with Crippen LogP contribution in [0.2, 0.25) is 0 Å². The fourth-order valence-corrected chi connectivity index (χ4v) is 3.71. The van der Waals surface area contributed by atoms with E-state index in [4.69, 9.17) is 4.74 Å². The predicted octanol–water partition coefficient (Wildman–Crippen LogP) is 4.65. The second-order valence-electron chi connectivity index (χ2n) is 7.64. The van der Waals surface area contributed by atoms with Crippen LogP contribution in [-0.2, 0) is 4.79 Å². The van der Waals surface area contributed by atoms with Crippen molar-refractivity contribution in [2.45, 2.75) is 84.0 Å². The van der Waals surface area contributed by atoms with Gasteiger partial charge in [0.15, 0.2) is 6.29 Å². The smallest absolute Gasteiger partial charge is 0.227 e. The molecule has 1 saturated heterocycles. The number of carbonyl (C=O) groups excluding carboxylic acids is 1. The molecule has 5 heteroatoms. The molecule has 5 nitrogen and oxygen atoms in total. The van der Waals surface area contributed by atoms with E-state index in [0.717, 1.165) is 24.3 Å². The average molecular weight is 376 g/mol. The van der Waals surface area contributed by atoms with Gasteiger partial charge in [-0.2, -0.15) is 0 Å². The molecule has 0 spiro atoms. The van der Waals surface area contributed by atoms with E-state index in [9.17, 15) is 4.79 Å². The van der Waals surface area contributed by atoms with Crippen LogP contribution in [0, 0.1) is 5.92 Å². The van der Waals surface area contributed by atoms with Gasteiger partial charge in [-0.15, -0.1) is 0 Å². The Morgan fingerprint density at radius 2 is 1.63 bits per heavy atom.